The molecule has 7 heteroatoms. The summed E-state index contributed by atoms with van der Waals surface area (Å²) in [6.07, 6.45) is 1.59. The van der Waals surface area contributed by atoms with Crippen LogP contribution >= 0.6 is 0 Å². The van der Waals surface area contributed by atoms with Gasteiger partial charge in [-0.1, -0.05) is 50.2 Å². The number of nitrogens with one attached hydrogen (secondary N) is 1. The van der Waals surface area contributed by atoms with Crippen LogP contribution in [0, 0.1) is 29.1 Å². The number of nitrogens with zero attached hydrogens (tertiary/aromatic N) is 4. The highest BCUT2D eigenvalue weighted by atomic mass is 16.2. The summed E-state index contributed by atoms with van der Waals surface area (Å²) in [5.41, 5.74) is 6.19. The standard InChI is InChI=1S/C34H37N5O2/c1-4-22(5-2)33(40)36-26-14-15-30(23(16-26)17-35)38-18-24-20-39(21-25(24)19-38)32-27-10-6-7-11-28(27)34(41)37(3)31-13-9-8-12-29(31)32/h6-16,22,24-25,32H,4-5,18-21H2,1-3H3,(H,36,40). The first-order chi connectivity index (χ1) is 19.9. The van der Waals surface area contributed by atoms with Crippen LogP contribution in [0.25, 0.3) is 0 Å². The zero-order chi connectivity index (χ0) is 28.7. The summed E-state index contributed by atoms with van der Waals surface area (Å²) in [5.74, 6) is 0.951. The maximum absolute atomic E-state index is 13.4. The van der Waals surface area contributed by atoms with Crippen LogP contribution < -0.4 is 15.1 Å². The molecule has 3 aromatic carbocycles. The van der Waals surface area contributed by atoms with E-state index in [2.05, 4.69) is 39.4 Å². The predicted octanol–water partition coefficient (Wildman–Crippen LogP) is 5.68. The van der Waals surface area contributed by atoms with E-state index in [-0.39, 0.29) is 23.8 Å². The van der Waals surface area contributed by atoms with E-state index < -0.39 is 0 Å². The molecule has 3 aromatic rings. The van der Waals surface area contributed by atoms with Crippen LogP contribution in [0.3, 0.4) is 0 Å². The van der Waals surface area contributed by atoms with Gasteiger partial charge in [0.1, 0.15) is 6.07 Å². The van der Waals surface area contributed by atoms with E-state index >= 15 is 0 Å². The summed E-state index contributed by atoms with van der Waals surface area (Å²) in [6.45, 7) is 7.66. The lowest BCUT2D eigenvalue weighted by molar-refractivity contribution is -0.120. The van der Waals surface area contributed by atoms with Gasteiger partial charge in [0.15, 0.2) is 0 Å². The van der Waals surface area contributed by atoms with Crippen LogP contribution in [0.2, 0.25) is 0 Å². The number of carbonyl (C=O) groups is 2. The Hall–Kier alpha value is -4.15. The van der Waals surface area contributed by atoms with Crippen LogP contribution in [-0.2, 0) is 4.79 Å². The van der Waals surface area contributed by atoms with Gasteiger partial charge in [-0.05, 0) is 66.1 Å². The maximum atomic E-state index is 13.4. The number of anilines is 3. The minimum atomic E-state index is -0.0213. The van der Waals surface area contributed by atoms with Gasteiger partial charge in [-0.3, -0.25) is 14.5 Å². The fourth-order valence-corrected chi connectivity index (χ4v) is 7.13. The number of rotatable bonds is 6. The number of carbonyl (C=O) groups excluding carboxylic acids is 2. The molecule has 2 saturated heterocycles. The van der Waals surface area contributed by atoms with E-state index in [1.807, 2.05) is 69.4 Å². The Morgan fingerprint density at radius 2 is 1.59 bits per heavy atom. The first kappa shape index (κ1) is 27.0. The van der Waals surface area contributed by atoms with Gasteiger partial charge in [0, 0.05) is 56.1 Å². The molecule has 1 N–H and O–H groups in total. The molecule has 3 unspecified atom stereocenters. The largest absolute Gasteiger partial charge is 0.370 e. The first-order valence-corrected chi connectivity index (χ1v) is 14.7. The molecule has 7 nitrogen and oxygen atoms in total. The summed E-state index contributed by atoms with van der Waals surface area (Å²) in [5, 5.41) is 13.0. The van der Waals surface area contributed by atoms with E-state index in [9.17, 15) is 14.9 Å². The zero-order valence-electron chi connectivity index (χ0n) is 24.0. The van der Waals surface area contributed by atoms with Crippen molar-refractivity contribution in [3.05, 3.63) is 89.0 Å². The fourth-order valence-electron chi connectivity index (χ4n) is 7.13. The van der Waals surface area contributed by atoms with Crippen LogP contribution in [0.15, 0.2) is 66.7 Å². The second-order valence-corrected chi connectivity index (χ2v) is 11.6. The number of nitriles is 1. The number of benzene rings is 3. The van der Waals surface area contributed by atoms with Crippen molar-refractivity contribution in [2.45, 2.75) is 32.7 Å². The van der Waals surface area contributed by atoms with Gasteiger partial charge in [0.05, 0.1) is 17.3 Å². The van der Waals surface area contributed by atoms with E-state index in [0.717, 1.165) is 61.5 Å². The molecule has 41 heavy (non-hydrogen) atoms. The van der Waals surface area contributed by atoms with Crippen molar-refractivity contribution in [2.24, 2.45) is 17.8 Å². The normalized spacial score (nSPS) is 21.7. The number of hydrogen-bond acceptors (Lipinski definition) is 5. The van der Waals surface area contributed by atoms with Gasteiger partial charge in [0.25, 0.3) is 5.91 Å². The zero-order valence-corrected chi connectivity index (χ0v) is 24.0. The first-order valence-electron chi connectivity index (χ1n) is 14.7. The molecule has 0 radical (unpaired) electrons. The van der Waals surface area contributed by atoms with Gasteiger partial charge in [0.2, 0.25) is 5.91 Å². The molecule has 2 fully saturated rings. The topological polar surface area (TPSA) is 79.7 Å². The Labute approximate surface area is 242 Å². The molecule has 0 aliphatic carbocycles. The van der Waals surface area contributed by atoms with Gasteiger partial charge >= 0.3 is 0 Å². The SMILES string of the molecule is CCC(CC)C(=O)Nc1ccc(N2CC3CN(C4c5ccccc5C(=O)N(C)c5ccccc54)CC3C2)c(C#N)c1. The van der Waals surface area contributed by atoms with E-state index in [1.54, 1.807) is 4.90 Å². The number of amides is 2. The highest BCUT2D eigenvalue weighted by Gasteiger charge is 2.45. The Morgan fingerprint density at radius 3 is 2.27 bits per heavy atom. The summed E-state index contributed by atoms with van der Waals surface area (Å²) in [4.78, 5) is 32.7. The van der Waals surface area contributed by atoms with Crippen LogP contribution in [0.1, 0.15) is 59.8 Å². The van der Waals surface area contributed by atoms with Crippen molar-refractivity contribution in [1.82, 2.24) is 4.90 Å². The van der Waals surface area contributed by atoms with Crippen molar-refractivity contribution < 1.29 is 9.59 Å². The predicted molar refractivity (Wildman–Crippen MR) is 162 cm³/mol. The molecule has 0 saturated carbocycles. The highest BCUT2D eigenvalue weighted by molar-refractivity contribution is 6.08. The van der Waals surface area contributed by atoms with Gasteiger partial charge in [-0.15, -0.1) is 0 Å². The Morgan fingerprint density at radius 1 is 0.927 bits per heavy atom. The van der Waals surface area contributed by atoms with Gasteiger partial charge in [-0.25, -0.2) is 0 Å². The Kier molecular flexibility index (Phi) is 7.27. The lowest BCUT2D eigenvalue weighted by Crippen LogP contribution is -2.33. The lowest BCUT2D eigenvalue weighted by Gasteiger charge is -2.31. The Balaban J connectivity index is 1.22. The summed E-state index contributed by atoms with van der Waals surface area (Å²) in [6, 6.07) is 24.4. The minimum absolute atomic E-state index is 0.0111. The van der Waals surface area contributed by atoms with E-state index in [1.165, 1.54) is 5.56 Å². The molecule has 6 rings (SSSR count). The van der Waals surface area contributed by atoms with Crippen molar-refractivity contribution in [3.63, 3.8) is 0 Å². The van der Waals surface area contributed by atoms with Crippen molar-refractivity contribution in [1.29, 1.82) is 5.26 Å². The molecule has 3 aliphatic heterocycles. The van der Waals surface area contributed by atoms with Gasteiger partial charge < -0.3 is 15.1 Å². The number of fused-ring (bicyclic) bond motifs is 3. The molecule has 0 aromatic heterocycles. The molecule has 3 aliphatic rings. The second-order valence-electron chi connectivity index (χ2n) is 11.6. The van der Waals surface area contributed by atoms with Crippen molar-refractivity contribution in [2.75, 3.05) is 48.3 Å². The highest BCUT2D eigenvalue weighted by Crippen LogP contribution is 2.45. The summed E-state index contributed by atoms with van der Waals surface area (Å²) >= 11 is 0. The van der Waals surface area contributed by atoms with Crippen LogP contribution in [0.4, 0.5) is 17.1 Å². The molecule has 3 atom stereocenters. The smallest absolute Gasteiger partial charge is 0.258 e. The lowest BCUT2D eigenvalue weighted by atomic mass is 9.93. The summed E-state index contributed by atoms with van der Waals surface area (Å²) in [7, 11) is 1.87. The van der Waals surface area contributed by atoms with Gasteiger partial charge in [-0.2, -0.15) is 5.26 Å². The molecular formula is C34H37N5O2. The number of hydrogen-bond donors (Lipinski definition) is 1. The average Bonchev–Trinajstić information content (AvgIpc) is 3.55. The molecule has 0 spiro atoms. The minimum Gasteiger partial charge on any atom is -0.370 e. The van der Waals surface area contributed by atoms with E-state index in [4.69, 9.17) is 0 Å². The van der Waals surface area contributed by atoms with Crippen LogP contribution in [0.5, 0.6) is 0 Å². The fraction of sp³-hybridized carbons (Fsp3) is 0.382. The molecule has 0 bridgehead atoms. The summed E-state index contributed by atoms with van der Waals surface area (Å²) < 4.78 is 0. The number of likely N-dealkylation sites (tertiary alicyclic amines) is 1. The molecule has 2 amide bonds. The number of para-hydroxylation sites is 1. The molecular weight excluding hydrogens is 510 g/mol. The molecule has 3 heterocycles. The monoisotopic (exact) mass is 547 g/mol. The van der Waals surface area contributed by atoms with Crippen LogP contribution in [-0.4, -0.2) is 49.9 Å². The third kappa shape index (κ3) is 4.76. The van der Waals surface area contributed by atoms with E-state index in [0.29, 0.717) is 23.1 Å². The van der Waals surface area contributed by atoms with Crippen molar-refractivity contribution in [3.8, 4) is 6.07 Å². The maximum Gasteiger partial charge on any atom is 0.258 e. The third-order valence-electron chi connectivity index (χ3n) is 9.34. The Bertz CT molecular complexity index is 1510. The quantitative estimate of drug-likeness (QED) is 0.430. The molecule has 210 valence electrons. The third-order valence-corrected chi connectivity index (χ3v) is 9.34. The van der Waals surface area contributed by atoms with Crippen molar-refractivity contribution >= 4 is 28.9 Å². The second kappa shape index (κ2) is 11.0. The average molecular weight is 548 g/mol.